The van der Waals surface area contributed by atoms with Crippen LogP contribution in [0.1, 0.15) is 55.8 Å². The summed E-state index contributed by atoms with van der Waals surface area (Å²) in [6.45, 7) is 1.81. The molecule has 0 aromatic heterocycles. The van der Waals surface area contributed by atoms with E-state index in [4.69, 9.17) is 0 Å². The molecular weight excluding hydrogens is 320 g/mol. The number of carboxylic acid groups (broad SMARTS) is 1. The van der Waals surface area contributed by atoms with Crippen LogP contribution in [0.3, 0.4) is 0 Å². The van der Waals surface area contributed by atoms with Crippen molar-refractivity contribution in [1.82, 2.24) is 5.32 Å². The smallest absolute Gasteiger partial charge is 0.308 e. The van der Waals surface area contributed by atoms with Gasteiger partial charge in [-0.25, -0.2) is 0 Å². The Bertz CT molecular complexity index is 698. The van der Waals surface area contributed by atoms with Gasteiger partial charge >= 0.3 is 5.97 Å². The lowest BCUT2D eigenvalue weighted by atomic mass is 9.73. The van der Waals surface area contributed by atoms with Crippen molar-refractivity contribution in [2.24, 2.45) is 11.8 Å². The lowest BCUT2D eigenvalue weighted by Crippen LogP contribution is -2.55. The van der Waals surface area contributed by atoms with E-state index in [9.17, 15) is 19.5 Å². The highest BCUT2D eigenvalue weighted by atomic mass is 16.4. The molecule has 1 aromatic rings. The van der Waals surface area contributed by atoms with Crippen LogP contribution in [0.25, 0.3) is 0 Å². The van der Waals surface area contributed by atoms with Gasteiger partial charge in [0.25, 0.3) is 5.91 Å². The molecule has 2 aliphatic rings. The van der Waals surface area contributed by atoms with Crippen molar-refractivity contribution in [3.8, 4) is 0 Å². The number of carbonyl (C=O) groups excluding carboxylic acids is 2. The Labute approximate surface area is 147 Å². The number of anilines is 1. The quantitative estimate of drug-likeness (QED) is 0.765. The molecule has 0 heterocycles. The van der Waals surface area contributed by atoms with Crippen LogP contribution in [0, 0.1) is 11.8 Å². The molecule has 6 heteroatoms. The second kappa shape index (κ2) is 6.86. The summed E-state index contributed by atoms with van der Waals surface area (Å²) in [7, 11) is 0. The van der Waals surface area contributed by atoms with Crippen LogP contribution < -0.4 is 10.6 Å². The summed E-state index contributed by atoms with van der Waals surface area (Å²) in [6.07, 6.45) is 4.82. The van der Waals surface area contributed by atoms with E-state index in [1.165, 1.54) is 0 Å². The van der Waals surface area contributed by atoms with E-state index in [0.29, 0.717) is 24.1 Å². The van der Waals surface area contributed by atoms with Gasteiger partial charge in [0.2, 0.25) is 5.91 Å². The third-order valence-corrected chi connectivity index (χ3v) is 5.25. The van der Waals surface area contributed by atoms with E-state index in [-0.39, 0.29) is 17.7 Å². The first-order chi connectivity index (χ1) is 11.9. The van der Waals surface area contributed by atoms with Crippen LogP contribution in [0.2, 0.25) is 0 Å². The SMILES string of the molecule is CC1(NC(=O)c2cccc(NC(=O)C3CC3)c2)CCCCC1C(=O)O. The van der Waals surface area contributed by atoms with Gasteiger partial charge in [0.05, 0.1) is 11.5 Å². The summed E-state index contributed by atoms with van der Waals surface area (Å²) in [5.41, 5.74) is 0.256. The first-order valence-electron chi connectivity index (χ1n) is 8.85. The number of nitrogens with one attached hydrogen (secondary N) is 2. The highest BCUT2D eigenvalue weighted by Gasteiger charge is 2.42. The molecule has 6 nitrogen and oxygen atoms in total. The van der Waals surface area contributed by atoms with E-state index in [1.807, 2.05) is 6.92 Å². The van der Waals surface area contributed by atoms with Crippen molar-refractivity contribution in [3.05, 3.63) is 29.8 Å². The Hall–Kier alpha value is -2.37. The average molecular weight is 344 g/mol. The summed E-state index contributed by atoms with van der Waals surface area (Å²) in [4.78, 5) is 36.1. The lowest BCUT2D eigenvalue weighted by Gasteiger charge is -2.39. The Kier molecular flexibility index (Phi) is 4.79. The van der Waals surface area contributed by atoms with Crippen LogP contribution >= 0.6 is 0 Å². The van der Waals surface area contributed by atoms with Gasteiger partial charge in [0.15, 0.2) is 0 Å². The Balaban J connectivity index is 1.71. The number of benzene rings is 1. The van der Waals surface area contributed by atoms with Crippen molar-refractivity contribution in [1.29, 1.82) is 0 Å². The molecule has 134 valence electrons. The van der Waals surface area contributed by atoms with Gasteiger partial charge in [-0.3, -0.25) is 14.4 Å². The van der Waals surface area contributed by atoms with Crippen LogP contribution in [-0.4, -0.2) is 28.4 Å². The molecule has 2 amide bonds. The fraction of sp³-hybridized carbons (Fsp3) is 0.526. The largest absolute Gasteiger partial charge is 0.481 e. The van der Waals surface area contributed by atoms with E-state index >= 15 is 0 Å². The highest BCUT2D eigenvalue weighted by Crippen LogP contribution is 2.34. The minimum absolute atomic E-state index is 0.0114. The maximum atomic E-state index is 12.7. The molecule has 0 bridgehead atoms. The van der Waals surface area contributed by atoms with Crippen molar-refractivity contribution >= 4 is 23.5 Å². The number of rotatable bonds is 5. The predicted molar refractivity (Wildman–Crippen MR) is 93.3 cm³/mol. The number of hydrogen-bond acceptors (Lipinski definition) is 3. The molecule has 0 aliphatic heterocycles. The maximum absolute atomic E-state index is 12.7. The maximum Gasteiger partial charge on any atom is 0.308 e. The second-order valence-electron chi connectivity index (χ2n) is 7.35. The zero-order chi connectivity index (χ0) is 18.0. The molecule has 25 heavy (non-hydrogen) atoms. The van der Waals surface area contributed by atoms with Crippen LogP contribution in [0.15, 0.2) is 24.3 Å². The zero-order valence-corrected chi connectivity index (χ0v) is 14.4. The molecule has 2 saturated carbocycles. The Morgan fingerprint density at radius 2 is 1.92 bits per heavy atom. The van der Waals surface area contributed by atoms with Crippen molar-refractivity contribution in [2.45, 2.75) is 51.0 Å². The zero-order valence-electron chi connectivity index (χ0n) is 14.4. The molecule has 0 saturated heterocycles. The summed E-state index contributed by atoms with van der Waals surface area (Å²) < 4.78 is 0. The number of carbonyl (C=O) groups is 3. The topological polar surface area (TPSA) is 95.5 Å². The normalized spacial score (nSPS) is 25.9. The lowest BCUT2D eigenvalue weighted by molar-refractivity contribution is -0.145. The summed E-state index contributed by atoms with van der Waals surface area (Å²) in [5.74, 6) is -1.67. The summed E-state index contributed by atoms with van der Waals surface area (Å²) >= 11 is 0. The van der Waals surface area contributed by atoms with Gasteiger partial charge in [0.1, 0.15) is 0 Å². The monoisotopic (exact) mass is 344 g/mol. The van der Waals surface area contributed by atoms with Gasteiger partial charge in [-0.1, -0.05) is 18.9 Å². The molecule has 0 radical (unpaired) electrons. The highest BCUT2D eigenvalue weighted by molar-refractivity contribution is 5.98. The van der Waals surface area contributed by atoms with Crippen LogP contribution in [-0.2, 0) is 9.59 Å². The van der Waals surface area contributed by atoms with Gasteiger partial charge in [-0.2, -0.15) is 0 Å². The predicted octanol–water partition coefficient (Wildman–Crippen LogP) is 2.80. The molecule has 3 rings (SSSR count). The van der Waals surface area contributed by atoms with E-state index in [2.05, 4.69) is 10.6 Å². The summed E-state index contributed by atoms with van der Waals surface area (Å²) in [6, 6.07) is 6.77. The first kappa shape index (κ1) is 17.5. The first-order valence-corrected chi connectivity index (χ1v) is 8.85. The molecule has 2 fully saturated rings. The number of amides is 2. The van der Waals surface area contributed by atoms with Gasteiger partial charge in [0, 0.05) is 17.2 Å². The molecular formula is C19H24N2O4. The third kappa shape index (κ3) is 4.00. The second-order valence-corrected chi connectivity index (χ2v) is 7.35. The van der Waals surface area contributed by atoms with E-state index in [0.717, 1.165) is 25.7 Å². The van der Waals surface area contributed by atoms with Crippen LogP contribution in [0.4, 0.5) is 5.69 Å². The van der Waals surface area contributed by atoms with Crippen molar-refractivity contribution < 1.29 is 19.5 Å². The fourth-order valence-corrected chi connectivity index (χ4v) is 3.54. The molecule has 2 unspecified atom stereocenters. The third-order valence-electron chi connectivity index (χ3n) is 5.25. The molecule has 0 spiro atoms. The number of aliphatic carboxylic acids is 1. The van der Waals surface area contributed by atoms with Crippen molar-refractivity contribution in [2.75, 3.05) is 5.32 Å². The average Bonchev–Trinajstić information content (AvgIpc) is 3.39. The summed E-state index contributed by atoms with van der Waals surface area (Å²) in [5, 5.41) is 15.2. The fourth-order valence-electron chi connectivity index (χ4n) is 3.54. The van der Waals surface area contributed by atoms with Gasteiger partial charge in [-0.15, -0.1) is 0 Å². The molecule has 2 aliphatic carbocycles. The Morgan fingerprint density at radius 3 is 2.60 bits per heavy atom. The van der Waals surface area contributed by atoms with E-state index < -0.39 is 17.4 Å². The van der Waals surface area contributed by atoms with Gasteiger partial charge in [-0.05, 0) is 50.8 Å². The standard InChI is InChI=1S/C19H24N2O4/c1-19(10-3-2-7-15(19)18(24)25)21-17(23)13-5-4-6-14(11-13)20-16(22)12-8-9-12/h4-6,11-12,15H,2-3,7-10H2,1H3,(H,20,22)(H,21,23)(H,24,25). The minimum atomic E-state index is -0.868. The minimum Gasteiger partial charge on any atom is -0.481 e. The molecule has 1 aromatic carbocycles. The van der Waals surface area contributed by atoms with Gasteiger partial charge < -0.3 is 15.7 Å². The number of carboxylic acids is 1. The van der Waals surface area contributed by atoms with Crippen molar-refractivity contribution in [3.63, 3.8) is 0 Å². The van der Waals surface area contributed by atoms with E-state index in [1.54, 1.807) is 24.3 Å². The number of hydrogen-bond donors (Lipinski definition) is 3. The van der Waals surface area contributed by atoms with Crippen LogP contribution in [0.5, 0.6) is 0 Å². The molecule has 2 atom stereocenters. The Morgan fingerprint density at radius 1 is 1.16 bits per heavy atom. The molecule has 3 N–H and O–H groups in total.